The monoisotopic (exact) mass is 267 g/mol. The van der Waals surface area contributed by atoms with Gasteiger partial charge in [-0.25, -0.2) is 0 Å². The van der Waals surface area contributed by atoms with Gasteiger partial charge in [0.15, 0.2) is 0 Å². The first kappa shape index (κ1) is 14.8. The van der Waals surface area contributed by atoms with Crippen LogP contribution in [0.1, 0.15) is 40.8 Å². The zero-order valence-electron chi connectivity index (χ0n) is 13.0. The Morgan fingerprint density at radius 1 is 0.900 bits per heavy atom. The molecule has 1 unspecified atom stereocenters. The van der Waals surface area contributed by atoms with Crippen LogP contribution >= 0.6 is 0 Å². The van der Waals surface area contributed by atoms with Crippen molar-refractivity contribution in [3.05, 3.63) is 70.3 Å². The molecule has 0 fully saturated rings. The first-order valence-corrected chi connectivity index (χ1v) is 7.47. The molecule has 0 saturated heterocycles. The highest BCUT2D eigenvalue weighted by Gasteiger charge is 2.15. The molecule has 1 heteroatoms. The number of hydrogen-bond acceptors (Lipinski definition) is 1. The van der Waals surface area contributed by atoms with E-state index in [1.807, 2.05) is 0 Å². The molecule has 0 saturated carbocycles. The van der Waals surface area contributed by atoms with E-state index < -0.39 is 0 Å². The molecule has 0 aliphatic heterocycles. The molecule has 20 heavy (non-hydrogen) atoms. The predicted molar refractivity (Wildman–Crippen MR) is 87.2 cm³/mol. The number of likely N-dealkylation sites (N-methyl/N-ethyl adjacent to an activating group) is 1. The van der Waals surface area contributed by atoms with E-state index in [0.29, 0.717) is 6.04 Å². The van der Waals surface area contributed by atoms with Gasteiger partial charge < -0.3 is 5.32 Å². The molecule has 1 N–H and O–H groups in total. The summed E-state index contributed by atoms with van der Waals surface area (Å²) in [6.45, 7) is 9.72. The number of nitrogens with one attached hydrogen (secondary N) is 1. The summed E-state index contributed by atoms with van der Waals surface area (Å²) in [5, 5.41) is 3.64. The minimum atomic E-state index is 0.393. The van der Waals surface area contributed by atoms with E-state index >= 15 is 0 Å². The first-order valence-electron chi connectivity index (χ1n) is 7.47. The Morgan fingerprint density at radius 2 is 1.50 bits per heavy atom. The quantitative estimate of drug-likeness (QED) is 0.840. The van der Waals surface area contributed by atoms with Gasteiger partial charge in [-0.2, -0.15) is 0 Å². The molecular formula is C19H25N. The molecule has 0 radical (unpaired) electrons. The van der Waals surface area contributed by atoms with Crippen LogP contribution in [0.15, 0.2) is 42.5 Å². The van der Waals surface area contributed by atoms with Crippen LogP contribution in [0.5, 0.6) is 0 Å². The molecule has 0 amide bonds. The van der Waals surface area contributed by atoms with Crippen LogP contribution in [0.3, 0.4) is 0 Å². The van der Waals surface area contributed by atoms with E-state index in [-0.39, 0.29) is 0 Å². The fraction of sp³-hybridized carbons (Fsp3) is 0.368. The van der Waals surface area contributed by atoms with Crippen LogP contribution in [0, 0.1) is 20.8 Å². The molecule has 0 aliphatic rings. The Bertz CT molecular complexity index is 534. The van der Waals surface area contributed by atoms with E-state index in [0.717, 1.165) is 13.0 Å². The van der Waals surface area contributed by atoms with Crippen LogP contribution in [-0.4, -0.2) is 6.54 Å². The Hall–Kier alpha value is -1.60. The highest BCUT2D eigenvalue weighted by molar-refractivity contribution is 5.37. The smallest absolute Gasteiger partial charge is 0.0366 e. The van der Waals surface area contributed by atoms with Crippen molar-refractivity contribution in [1.29, 1.82) is 0 Å². The van der Waals surface area contributed by atoms with Gasteiger partial charge in [0.2, 0.25) is 0 Å². The molecule has 0 bridgehead atoms. The molecule has 2 rings (SSSR count). The fourth-order valence-corrected chi connectivity index (χ4v) is 2.86. The summed E-state index contributed by atoms with van der Waals surface area (Å²) < 4.78 is 0. The van der Waals surface area contributed by atoms with E-state index in [9.17, 15) is 0 Å². The lowest BCUT2D eigenvalue weighted by molar-refractivity contribution is 0.545. The molecule has 1 atom stereocenters. The summed E-state index contributed by atoms with van der Waals surface area (Å²) in [6.07, 6.45) is 1.04. The molecule has 0 aromatic heterocycles. The maximum Gasteiger partial charge on any atom is 0.0366 e. The van der Waals surface area contributed by atoms with Gasteiger partial charge in [0.1, 0.15) is 0 Å². The van der Waals surface area contributed by atoms with Crippen LogP contribution in [0.25, 0.3) is 0 Å². The number of rotatable bonds is 5. The number of hydrogen-bond donors (Lipinski definition) is 1. The topological polar surface area (TPSA) is 12.0 Å². The second-order valence-corrected chi connectivity index (χ2v) is 5.61. The van der Waals surface area contributed by atoms with E-state index in [1.54, 1.807) is 0 Å². The zero-order chi connectivity index (χ0) is 14.5. The minimum Gasteiger partial charge on any atom is -0.310 e. The molecule has 0 heterocycles. The van der Waals surface area contributed by atoms with Gasteiger partial charge in [0.25, 0.3) is 0 Å². The third-order valence-electron chi connectivity index (χ3n) is 3.90. The molecule has 1 nitrogen and oxygen atoms in total. The van der Waals surface area contributed by atoms with Crippen LogP contribution in [-0.2, 0) is 6.42 Å². The molecular weight excluding hydrogens is 242 g/mol. The maximum absolute atomic E-state index is 3.64. The maximum atomic E-state index is 3.64. The average molecular weight is 267 g/mol. The second kappa shape index (κ2) is 6.71. The first-order chi connectivity index (χ1) is 9.61. The van der Waals surface area contributed by atoms with Crippen molar-refractivity contribution < 1.29 is 0 Å². The van der Waals surface area contributed by atoms with Crippen LogP contribution < -0.4 is 5.32 Å². The number of aryl methyl sites for hydroxylation is 3. The van der Waals surface area contributed by atoms with E-state index in [4.69, 9.17) is 0 Å². The van der Waals surface area contributed by atoms with Crippen molar-refractivity contribution in [2.24, 2.45) is 0 Å². The highest BCUT2D eigenvalue weighted by Crippen LogP contribution is 2.25. The molecule has 2 aromatic carbocycles. The van der Waals surface area contributed by atoms with E-state index in [2.05, 4.69) is 75.5 Å². The summed E-state index contributed by atoms with van der Waals surface area (Å²) in [6, 6.07) is 15.8. The standard InChI is InChI=1S/C19H25N/c1-5-20-18(13-17-11-9-14(2)10-12-17)19-15(3)7-6-8-16(19)4/h6-12,18,20H,5,13H2,1-4H3. The van der Waals surface area contributed by atoms with Gasteiger partial charge in [-0.15, -0.1) is 0 Å². The predicted octanol–water partition coefficient (Wildman–Crippen LogP) is 4.51. The molecule has 0 spiro atoms. The summed E-state index contributed by atoms with van der Waals surface area (Å²) in [7, 11) is 0. The molecule has 2 aromatic rings. The lowest BCUT2D eigenvalue weighted by Gasteiger charge is -2.23. The summed E-state index contributed by atoms with van der Waals surface area (Å²) in [4.78, 5) is 0. The molecule has 0 aliphatic carbocycles. The summed E-state index contributed by atoms with van der Waals surface area (Å²) in [5.41, 5.74) is 6.92. The van der Waals surface area contributed by atoms with Crippen molar-refractivity contribution in [2.75, 3.05) is 6.54 Å². The van der Waals surface area contributed by atoms with Gasteiger partial charge in [0, 0.05) is 6.04 Å². The average Bonchev–Trinajstić information content (AvgIpc) is 2.41. The zero-order valence-corrected chi connectivity index (χ0v) is 13.0. The van der Waals surface area contributed by atoms with Crippen molar-refractivity contribution in [3.8, 4) is 0 Å². The van der Waals surface area contributed by atoms with Gasteiger partial charge in [-0.05, 0) is 56.0 Å². The highest BCUT2D eigenvalue weighted by atomic mass is 14.9. The van der Waals surface area contributed by atoms with Crippen molar-refractivity contribution in [1.82, 2.24) is 5.32 Å². The summed E-state index contributed by atoms with van der Waals surface area (Å²) >= 11 is 0. The van der Waals surface area contributed by atoms with Crippen molar-refractivity contribution in [3.63, 3.8) is 0 Å². The Labute approximate surface area is 123 Å². The number of benzene rings is 2. The fourth-order valence-electron chi connectivity index (χ4n) is 2.86. The Kier molecular flexibility index (Phi) is 4.97. The van der Waals surface area contributed by atoms with Crippen molar-refractivity contribution >= 4 is 0 Å². The van der Waals surface area contributed by atoms with Gasteiger partial charge in [0.05, 0.1) is 0 Å². The third-order valence-corrected chi connectivity index (χ3v) is 3.90. The Balaban J connectivity index is 2.29. The molecule has 106 valence electrons. The minimum absolute atomic E-state index is 0.393. The van der Waals surface area contributed by atoms with Gasteiger partial charge in [-0.3, -0.25) is 0 Å². The lowest BCUT2D eigenvalue weighted by Crippen LogP contribution is -2.24. The van der Waals surface area contributed by atoms with Gasteiger partial charge in [-0.1, -0.05) is 55.0 Å². The normalized spacial score (nSPS) is 12.4. The third kappa shape index (κ3) is 3.49. The SMILES string of the molecule is CCNC(Cc1ccc(C)cc1)c1c(C)cccc1C. The van der Waals surface area contributed by atoms with Crippen molar-refractivity contribution in [2.45, 2.75) is 40.2 Å². The lowest BCUT2D eigenvalue weighted by atomic mass is 9.91. The van der Waals surface area contributed by atoms with Crippen LogP contribution in [0.4, 0.5) is 0 Å². The van der Waals surface area contributed by atoms with Gasteiger partial charge >= 0.3 is 0 Å². The second-order valence-electron chi connectivity index (χ2n) is 5.61. The summed E-state index contributed by atoms with van der Waals surface area (Å²) in [5.74, 6) is 0. The van der Waals surface area contributed by atoms with E-state index in [1.165, 1.54) is 27.8 Å². The van der Waals surface area contributed by atoms with Crippen LogP contribution in [0.2, 0.25) is 0 Å². The largest absolute Gasteiger partial charge is 0.310 e. The Morgan fingerprint density at radius 3 is 2.05 bits per heavy atom.